The topological polar surface area (TPSA) is 76.6 Å². The number of aromatic nitrogens is 1. The highest BCUT2D eigenvalue weighted by molar-refractivity contribution is 7.89. The number of sulfonamides is 1. The molecule has 34 heavy (non-hydrogen) atoms. The van der Waals surface area contributed by atoms with Gasteiger partial charge in [0, 0.05) is 19.3 Å². The molecule has 3 aromatic rings. The molecule has 0 saturated carbocycles. The summed E-state index contributed by atoms with van der Waals surface area (Å²) in [4.78, 5) is 17.9. The molecule has 1 unspecified atom stereocenters. The number of hydrogen-bond donors (Lipinski definition) is 0. The monoisotopic (exact) mass is 478 g/mol. The van der Waals surface area contributed by atoms with Gasteiger partial charge in [-0.15, -0.1) is 0 Å². The Balaban J connectivity index is 1.47. The lowest BCUT2D eigenvalue weighted by atomic mass is 9.98. The molecule has 1 fully saturated rings. The van der Waals surface area contributed by atoms with Crippen molar-refractivity contribution >= 4 is 16.0 Å². The highest BCUT2D eigenvalue weighted by atomic mass is 32.2. The Morgan fingerprint density at radius 3 is 2.18 bits per heavy atom. The maximum Gasteiger partial charge on any atom is 0.310 e. The van der Waals surface area contributed by atoms with Crippen LogP contribution in [0.4, 0.5) is 0 Å². The van der Waals surface area contributed by atoms with Crippen LogP contribution in [0.5, 0.6) is 0 Å². The maximum absolute atomic E-state index is 13.4. The van der Waals surface area contributed by atoms with Crippen LogP contribution in [0.3, 0.4) is 0 Å². The number of aryl methyl sites for hydroxylation is 3. The maximum atomic E-state index is 13.4. The first-order chi connectivity index (χ1) is 16.3. The van der Waals surface area contributed by atoms with E-state index in [-0.39, 0.29) is 25.0 Å². The van der Waals surface area contributed by atoms with E-state index in [1.54, 1.807) is 6.20 Å². The first kappa shape index (κ1) is 24.1. The van der Waals surface area contributed by atoms with E-state index in [4.69, 9.17) is 4.74 Å². The Morgan fingerprint density at radius 1 is 0.971 bits per heavy atom. The molecule has 0 amide bonds. The van der Waals surface area contributed by atoms with Crippen LogP contribution >= 0.6 is 0 Å². The van der Waals surface area contributed by atoms with Gasteiger partial charge in [-0.1, -0.05) is 54.1 Å². The van der Waals surface area contributed by atoms with Crippen molar-refractivity contribution in [2.45, 2.75) is 44.6 Å². The molecule has 0 radical (unpaired) electrons. The molecule has 0 N–H and O–H groups in total. The standard InChI is InChI=1S/C27H30N2O4S/c1-19-17-20(2)26(21(3)18-19)34(31,32)29-15-12-23(13-16-29)27(30)33-25(22-9-5-4-6-10-22)24-11-7-8-14-28-24/h4-11,14,17-18,23,25H,12-13,15-16H2,1-3H3. The van der Waals surface area contributed by atoms with Gasteiger partial charge >= 0.3 is 5.97 Å². The number of benzene rings is 2. The van der Waals surface area contributed by atoms with Gasteiger partial charge in [-0.2, -0.15) is 4.31 Å². The van der Waals surface area contributed by atoms with E-state index in [0.29, 0.717) is 23.4 Å². The predicted octanol–water partition coefficient (Wildman–Crippen LogP) is 4.74. The van der Waals surface area contributed by atoms with Gasteiger partial charge in [0.25, 0.3) is 0 Å². The van der Waals surface area contributed by atoms with E-state index in [9.17, 15) is 13.2 Å². The van der Waals surface area contributed by atoms with Gasteiger partial charge in [0.2, 0.25) is 10.0 Å². The minimum absolute atomic E-state index is 0.286. The van der Waals surface area contributed by atoms with E-state index < -0.39 is 16.1 Å². The lowest BCUT2D eigenvalue weighted by Gasteiger charge is -2.31. The minimum Gasteiger partial charge on any atom is -0.451 e. The summed E-state index contributed by atoms with van der Waals surface area (Å²) in [6.45, 7) is 6.20. The third-order valence-corrected chi connectivity index (χ3v) is 8.49. The van der Waals surface area contributed by atoms with Gasteiger partial charge in [-0.3, -0.25) is 9.78 Å². The molecule has 0 bridgehead atoms. The van der Waals surface area contributed by atoms with Crippen molar-refractivity contribution in [3.63, 3.8) is 0 Å². The summed E-state index contributed by atoms with van der Waals surface area (Å²) in [5.41, 5.74) is 4.05. The highest BCUT2D eigenvalue weighted by Crippen LogP contribution is 2.31. The summed E-state index contributed by atoms with van der Waals surface area (Å²) >= 11 is 0. The smallest absolute Gasteiger partial charge is 0.310 e. The summed E-state index contributed by atoms with van der Waals surface area (Å²) in [6, 6.07) is 18.8. The van der Waals surface area contributed by atoms with Crippen molar-refractivity contribution in [1.29, 1.82) is 0 Å². The van der Waals surface area contributed by atoms with Crippen molar-refractivity contribution in [3.8, 4) is 0 Å². The third kappa shape index (κ3) is 5.05. The average Bonchev–Trinajstić information content (AvgIpc) is 2.82. The number of piperidine rings is 1. The molecule has 1 saturated heterocycles. The second kappa shape index (κ2) is 10.1. The minimum atomic E-state index is -3.63. The fourth-order valence-corrected chi connectivity index (χ4v) is 6.59. The van der Waals surface area contributed by atoms with Crippen molar-refractivity contribution in [2.75, 3.05) is 13.1 Å². The second-order valence-electron chi connectivity index (χ2n) is 8.89. The lowest BCUT2D eigenvalue weighted by Crippen LogP contribution is -2.41. The number of hydrogen-bond acceptors (Lipinski definition) is 5. The SMILES string of the molecule is Cc1cc(C)c(S(=O)(=O)N2CCC(C(=O)OC(c3ccccc3)c3ccccn3)CC2)c(C)c1. The fourth-order valence-electron chi connectivity index (χ4n) is 4.71. The molecule has 1 atom stereocenters. The number of carbonyl (C=O) groups excluding carboxylic acids is 1. The van der Waals surface area contributed by atoms with E-state index in [0.717, 1.165) is 22.3 Å². The third-order valence-electron chi connectivity index (χ3n) is 6.28. The average molecular weight is 479 g/mol. The Hall–Kier alpha value is -3.03. The summed E-state index contributed by atoms with van der Waals surface area (Å²) < 4.78 is 34.2. The summed E-state index contributed by atoms with van der Waals surface area (Å²) in [5.74, 6) is -0.680. The molecule has 6 nitrogen and oxygen atoms in total. The molecule has 4 rings (SSSR count). The number of carbonyl (C=O) groups is 1. The van der Waals surface area contributed by atoms with Gasteiger partial charge < -0.3 is 4.74 Å². The first-order valence-electron chi connectivity index (χ1n) is 11.5. The number of esters is 1. The van der Waals surface area contributed by atoms with Crippen LogP contribution in [0.15, 0.2) is 71.8 Å². The second-order valence-corrected chi connectivity index (χ2v) is 10.8. The molecule has 1 aromatic heterocycles. The lowest BCUT2D eigenvalue weighted by molar-refractivity contribution is -0.154. The Morgan fingerprint density at radius 2 is 1.59 bits per heavy atom. The zero-order chi connectivity index (χ0) is 24.3. The summed E-state index contributed by atoms with van der Waals surface area (Å²) in [6.07, 6.45) is 1.92. The molecule has 7 heteroatoms. The normalized spacial score (nSPS) is 16.2. The quantitative estimate of drug-likeness (QED) is 0.478. The van der Waals surface area contributed by atoms with Crippen LogP contribution in [0.1, 0.15) is 46.9 Å². The number of ether oxygens (including phenoxy) is 1. The molecule has 1 aliphatic heterocycles. The van der Waals surface area contributed by atoms with Gasteiger partial charge in [0.15, 0.2) is 6.10 Å². The summed E-state index contributed by atoms with van der Waals surface area (Å²) in [5, 5.41) is 0. The number of rotatable bonds is 6. The van der Waals surface area contributed by atoms with Crippen LogP contribution in [-0.4, -0.2) is 36.8 Å². The van der Waals surface area contributed by atoms with Crippen molar-refractivity contribution in [1.82, 2.24) is 9.29 Å². The zero-order valence-electron chi connectivity index (χ0n) is 19.8. The van der Waals surface area contributed by atoms with Crippen LogP contribution in [0.2, 0.25) is 0 Å². The van der Waals surface area contributed by atoms with E-state index in [1.165, 1.54) is 4.31 Å². The number of pyridine rings is 1. The van der Waals surface area contributed by atoms with Gasteiger partial charge in [-0.25, -0.2) is 8.42 Å². The molecular weight excluding hydrogens is 448 g/mol. The van der Waals surface area contributed by atoms with Gasteiger partial charge in [-0.05, 0) is 62.4 Å². The molecule has 178 valence electrons. The van der Waals surface area contributed by atoms with E-state index in [1.807, 2.05) is 81.4 Å². The molecule has 1 aliphatic rings. The van der Waals surface area contributed by atoms with E-state index >= 15 is 0 Å². The fraction of sp³-hybridized carbons (Fsp3) is 0.333. The number of nitrogens with zero attached hydrogens (tertiary/aromatic N) is 2. The van der Waals surface area contributed by atoms with Gasteiger partial charge in [0.05, 0.1) is 16.5 Å². The van der Waals surface area contributed by atoms with Crippen molar-refractivity contribution in [2.24, 2.45) is 5.92 Å². The largest absolute Gasteiger partial charge is 0.451 e. The van der Waals surface area contributed by atoms with Crippen LogP contribution < -0.4 is 0 Å². The summed E-state index contributed by atoms with van der Waals surface area (Å²) in [7, 11) is -3.63. The van der Waals surface area contributed by atoms with Crippen molar-refractivity contribution in [3.05, 3.63) is 94.8 Å². The first-order valence-corrected chi connectivity index (χ1v) is 13.0. The Kier molecular flexibility index (Phi) is 7.14. The zero-order valence-corrected chi connectivity index (χ0v) is 20.6. The van der Waals surface area contributed by atoms with E-state index in [2.05, 4.69) is 4.98 Å². The molecule has 0 spiro atoms. The van der Waals surface area contributed by atoms with Crippen molar-refractivity contribution < 1.29 is 17.9 Å². The molecule has 2 aromatic carbocycles. The van der Waals surface area contributed by atoms with Gasteiger partial charge in [0.1, 0.15) is 0 Å². The van der Waals surface area contributed by atoms with Crippen LogP contribution in [0, 0.1) is 26.7 Å². The van der Waals surface area contributed by atoms with Crippen LogP contribution in [-0.2, 0) is 19.6 Å². The highest BCUT2D eigenvalue weighted by Gasteiger charge is 2.35. The van der Waals surface area contributed by atoms with Crippen LogP contribution in [0.25, 0.3) is 0 Å². The molecular formula is C27H30N2O4S. The Bertz CT molecular complexity index is 1190. The Labute approximate surface area is 201 Å². The predicted molar refractivity (Wildman–Crippen MR) is 131 cm³/mol. The molecule has 0 aliphatic carbocycles. The molecule has 2 heterocycles.